The van der Waals surface area contributed by atoms with E-state index >= 15 is 0 Å². The van der Waals surface area contributed by atoms with Crippen molar-refractivity contribution in [3.05, 3.63) is 101 Å². The van der Waals surface area contributed by atoms with Gasteiger partial charge in [0, 0.05) is 25.5 Å². The summed E-state index contributed by atoms with van der Waals surface area (Å²) >= 11 is 0. The number of hydrogen-bond donors (Lipinski definition) is 0. The molecule has 6 heteroatoms. The van der Waals surface area contributed by atoms with Crippen LogP contribution in [0, 0.1) is 6.92 Å². The van der Waals surface area contributed by atoms with E-state index in [1.807, 2.05) is 43.3 Å². The van der Waals surface area contributed by atoms with Crippen molar-refractivity contribution in [3.8, 4) is 0 Å². The normalized spacial score (nSPS) is 13.8. The molecule has 2 aromatic carbocycles. The third-order valence-corrected chi connectivity index (χ3v) is 5.60. The van der Waals surface area contributed by atoms with Gasteiger partial charge in [-0.25, -0.2) is 0 Å². The first-order valence-electron chi connectivity index (χ1n) is 10.2. The Bertz CT molecular complexity index is 1110. The van der Waals surface area contributed by atoms with Gasteiger partial charge in [0.25, 0.3) is 11.8 Å². The topological polar surface area (TPSA) is 70.6 Å². The smallest absolute Gasteiger partial charge is 0.262 e. The Kier molecular flexibility index (Phi) is 5.62. The second-order valence-corrected chi connectivity index (χ2v) is 7.68. The number of pyridine rings is 1. The number of nitrogens with zero attached hydrogens (tertiary/aromatic N) is 3. The van der Waals surface area contributed by atoms with Crippen LogP contribution in [-0.4, -0.2) is 38.5 Å². The highest BCUT2D eigenvalue weighted by Gasteiger charge is 2.41. The second kappa shape index (κ2) is 8.52. The van der Waals surface area contributed by atoms with Gasteiger partial charge >= 0.3 is 0 Å². The zero-order chi connectivity index (χ0) is 22.0. The molecule has 0 saturated carbocycles. The average molecular weight is 413 g/mol. The van der Waals surface area contributed by atoms with Gasteiger partial charge in [-0.05, 0) is 48.7 Å². The maximum Gasteiger partial charge on any atom is 0.262 e. The summed E-state index contributed by atoms with van der Waals surface area (Å²) in [5.41, 5.74) is 3.63. The Labute approximate surface area is 181 Å². The predicted octanol–water partition coefficient (Wildman–Crippen LogP) is 3.60. The summed E-state index contributed by atoms with van der Waals surface area (Å²) in [5.74, 6) is -1.15. The first-order valence-corrected chi connectivity index (χ1v) is 10.2. The summed E-state index contributed by atoms with van der Waals surface area (Å²) in [5, 5.41) is 0. The van der Waals surface area contributed by atoms with Crippen LogP contribution < -0.4 is 0 Å². The molecule has 2 heterocycles. The second-order valence-electron chi connectivity index (χ2n) is 7.68. The minimum Gasteiger partial charge on any atom is -0.332 e. The van der Waals surface area contributed by atoms with E-state index in [-0.39, 0.29) is 5.91 Å². The number of aromatic nitrogens is 1. The number of aryl methyl sites for hydroxylation is 1. The lowest BCUT2D eigenvalue weighted by molar-refractivity contribution is -0.136. The quantitative estimate of drug-likeness (QED) is 0.579. The van der Waals surface area contributed by atoms with E-state index in [9.17, 15) is 14.4 Å². The third kappa shape index (κ3) is 3.97. The summed E-state index contributed by atoms with van der Waals surface area (Å²) in [4.78, 5) is 46.2. The van der Waals surface area contributed by atoms with Gasteiger partial charge in [0.1, 0.15) is 6.04 Å². The van der Waals surface area contributed by atoms with Gasteiger partial charge in [-0.2, -0.15) is 0 Å². The van der Waals surface area contributed by atoms with E-state index in [0.29, 0.717) is 24.2 Å². The zero-order valence-corrected chi connectivity index (χ0v) is 17.5. The maximum absolute atomic E-state index is 13.6. The van der Waals surface area contributed by atoms with Gasteiger partial charge in [-0.15, -0.1) is 0 Å². The molecule has 4 rings (SSSR count). The molecular weight excluding hydrogens is 390 g/mol. The number of fused-ring (bicyclic) bond motifs is 1. The highest BCUT2D eigenvalue weighted by Crippen LogP contribution is 2.26. The highest BCUT2D eigenvalue weighted by molar-refractivity contribution is 6.22. The Hall–Kier alpha value is -3.80. The standard InChI is InChI=1S/C25H23N3O3/c1-17-8-3-4-10-20(17)16-27(15-19-9-7-13-26-14-19)23(29)18(2)28-24(30)21-11-5-6-12-22(21)25(28)31/h3-14,18H,15-16H2,1-2H3. The predicted molar refractivity (Wildman–Crippen MR) is 116 cm³/mol. The molecule has 1 aliphatic heterocycles. The van der Waals surface area contributed by atoms with Gasteiger partial charge < -0.3 is 4.90 Å². The van der Waals surface area contributed by atoms with Crippen LogP contribution in [0.25, 0.3) is 0 Å². The molecule has 1 aliphatic rings. The van der Waals surface area contributed by atoms with Crippen molar-refractivity contribution in [2.75, 3.05) is 0 Å². The molecule has 3 aromatic rings. The van der Waals surface area contributed by atoms with E-state index < -0.39 is 17.9 Å². The molecule has 31 heavy (non-hydrogen) atoms. The maximum atomic E-state index is 13.6. The summed E-state index contributed by atoms with van der Waals surface area (Å²) in [6.07, 6.45) is 3.39. The third-order valence-electron chi connectivity index (χ3n) is 5.60. The minimum absolute atomic E-state index is 0.290. The van der Waals surface area contributed by atoms with Crippen LogP contribution in [0.4, 0.5) is 0 Å². The van der Waals surface area contributed by atoms with Gasteiger partial charge in [0.05, 0.1) is 11.1 Å². The van der Waals surface area contributed by atoms with E-state index in [1.165, 1.54) is 0 Å². The van der Waals surface area contributed by atoms with Gasteiger partial charge in [-0.1, -0.05) is 42.5 Å². The molecule has 0 N–H and O–H groups in total. The fraction of sp³-hybridized carbons (Fsp3) is 0.200. The molecule has 0 saturated heterocycles. The first kappa shape index (κ1) is 20.5. The monoisotopic (exact) mass is 413 g/mol. The molecule has 0 aliphatic carbocycles. The molecule has 0 radical (unpaired) electrons. The van der Waals surface area contributed by atoms with Crippen LogP contribution in [0.5, 0.6) is 0 Å². The fourth-order valence-electron chi connectivity index (χ4n) is 3.85. The van der Waals surface area contributed by atoms with Gasteiger partial charge in [0.15, 0.2) is 0 Å². The molecular formula is C25H23N3O3. The zero-order valence-electron chi connectivity index (χ0n) is 17.5. The van der Waals surface area contributed by atoms with Crippen LogP contribution in [0.2, 0.25) is 0 Å². The van der Waals surface area contributed by atoms with E-state index in [0.717, 1.165) is 21.6 Å². The van der Waals surface area contributed by atoms with E-state index in [4.69, 9.17) is 0 Å². The number of amides is 3. The molecule has 156 valence electrons. The molecule has 0 bridgehead atoms. The minimum atomic E-state index is -0.923. The first-order chi connectivity index (χ1) is 15.0. The molecule has 0 spiro atoms. The van der Waals surface area contributed by atoms with Crippen molar-refractivity contribution >= 4 is 17.7 Å². The van der Waals surface area contributed by atoms with Crippen LogP contribution in [-0.2, 0) is 17.9 Å². The highest BCUT2D eigenvalue weighted by atomic mass is 16.2. The lowest BCUT2D eigenvalue weighted by Crippen LogP contribution is -2.49. The Morgan fingerprint density at radius 2 is 1.58 bits per heavy atom. The van der Waals surface area contributed by atoms with Crippen LogP contribution in [0.1, 0.15) is 44.3 Å². The molecule has 1 atom stereocenters. The summed E-state index contributed by atoms with van der Waals surface area (Å²) in [6, 6.07) is 17.3. The lowest BCUT2D eigenvalue weighted by Gasteiger charge is -2.30. The Morgan fingerprint density at radius 3 is 2.19 bits per heavy atom. The van der Waals surface area contributed by atoms with E-state index in [2.05, 4.69) is 4.98 Å². The Balaban J connectivity index is 1.63. The summed E-state index contributed by atoms with van der Waals surface area (Å²) < 4.78 is 0. The number of benzene rings is 2. The molecule has 3 amide bonds. The molecule has 1 aromatic heterocycles. The van der Waals surface area contributed by atoms with Crippen molar-refractivity contribution < 1.29 is 14.4 Å². The van der Waals surface area contributed by atoms with E-state index in [1.54, 1.807) is 48.5 Å². The molecule has 0 fully saturated rings. The number of carbonyl (C=O) groups excluding carboxylic acids is 3. The molecule has 6 nitrogen and oxygen atoms in total. The van der Waals surface area contributed by atoms with Crippen molar-refractivity contribution in [2.24, 2.45) is 0 Å². The SMILES string of the molecule is Cc1ccccc1CN(Cc1cccnc1)C(=O)C(C)N1C(=O)c2ccccc2C1=O. The summed E-state index contributed by atoms with van der Waals surface area (Å²) in [6.45, 7) is 4.30. The van der Waals surface area contributed by atoms with Gasteiger partial charge in [0.2, 0.25) is 5.91 Å². The molecule has 1 unspecified atom stereocenters. The largest absolute Gasteiger partial charge is 0.332 e. The number of rotatable bonds is 6. The van der Waals surface area contributed by atoms with Crippen LogP contribution >= 0.6 is 0 Å². The van der Waals surface area contributed by atoms with Crippen LogP contribution in [0.3, 0.4) is 0 Å². The van der Waals surface area contributed by atoms with Gasteiger partial charge in [-0.3, -0.25) is 24.3 Å². The summed E-state index contributed by atoms with van der Waals surface area (Å²) in [7, 11) is 0. The lowest BCUT2D eigenvalue weighted by atomic mass is 10.1. The van der Waals surface area contributed by atoms with Crippen molar-refractivity contribution in [3.63, 3.8) is 0 Å². The van der Waals surface area contributed by atoms with Crippen LogP contribution in [0.15, 0.2) is 73.1 Å². The van der Waals surface area contributed by atoms with Crippen molar-refractivity contribution in [1.29, 1.82) is 0 Å². The average Bonchev–Trinajstić information content (AvgIpc) is 3.05. The van der Waals surface area contributed by atoms with Crippen molar-refractivity contribution in [1.82, 2.24) is 14.8 Å². The number of imide groups is 1. The number of carbonyl (C=O) groups is 3. The fourth-order valence-corrected chi connectivity index (χ4v) is 3.85. The number of hydrogen-bond acceptors (Lipinski definition) is 4. The van der Waals surface area contributed by atoms with Crippen molar-refractivity contribution in [2.45, 2.75) is 33.0 Å². The Morgan fingerprint density at radius 1 is 0.935 bits per heavy atom.